The van der Waals surface area contributed by atoms with E-state index in [1.807, 2.05) is 12.3 Å². The van der Waals surface area contributed by atoms with Gasteiger partial charge in [0.05, 0.1) is 17.4 Å². The van der Waals surface area contributed by atoms with E-state index in [1.165, 1.54) is 36.8 Å². The molecule has 0 radical (unpaired) electrons. The molecule has 0 bridgehead atoms. The summed E-state index contributed by atoms with van der Waals surface area (Å²) in [6.07, 6.45) is 10.3. The highest BCUT2D eigenvalue weighted by molar-refractivity contribution is 6.05. The van der Waals surface area contributed by atoms with Crippen LogP contribution >= 0.6 is 0 Å². The van der Waals surface area contributed by atoms with E-state index >= 15 is 0 Å². The summed E-state index contributed by atoms with van der Waals surface area (Å²) in [6.45, 7) is 6.33. The number of amides is 1. The SMILES string of the molecule is CCc1cccc(CC)c1NC(=O)c1cncc(N2CCCCCC2)c1. The molecule has 0 atom stereocenters. The van der Waals surface area contributed by atoms with Crippen molar-refractivity contribution in [1.29, 1.82) is 0 Å². The molecule has 2 heterocycles. The van der Waals surface area contributed by atoms with Crippen molar-refractivity contribution in [3.8, 4) is 0 Å². The number of benzene rings is 1. The van der Waals surface area contributed by atoms with Gasteiger partial charge < -0.3 is 10.2 Å². The van der Waals surface area contributed by atoms with Crippen molar-refractivity contribution in [3.63, 3.8) is 0 Å². The molecule has 4 nitrogen and oxygen atoms in total. The maximum atomic E-state index is 12.9. The Hall–Kier alpha value is -2.36. The minimum absolute atomic E-state index is 0.0789. The number of para-hydroxylation sites is 1. The van der Waals surface area contributed by atoms with Crippen LogP contribution in [0, 0.1) is 0 Å². The van der Waals surface area contributed by atoms with Gasteiger partial charge in [0, 0.05) is 25.0 Å². The number of pyridine rings is 1. The van der Waals surface area contributed by atoms with Crippen molar-refractivity contribution in [1.82, 2.24) is 4.98 Å². The van der Waals surface area contributed by atoms with Crippen molar-refractivity contribution < 1.29 is 4.79 Å². The van der Waals surface area contributed by atoms with E-state index < -0.39 is 0 Å². The van der Waals surface area contributed by atoms with Crippen LogP contribution in [0.1, 0.15) is 61.0 Å². The van der Waals surface area contributed by atoms with Gasteiger partial charge in [0.25, 0.3) is 5.91 Å². The molecule has 1 aromatic carbocycles. The number of anilines is 2. The molecule has 1 aliphatic heterocycles. The molecule has 1 saturated heterocycles. The Morgan fingerprint density at radius 1 is 1.04 bits per heavy atom. The Bertz CT molecular complexity index is 727. The summed E-state index contributed by atoms with van der Waals surface area (Å²) in [5, 5.41) is 3.14. The number of hydrogen-bond donors (Lipinski definition) is 1. The molecular weight excluding hydrogens is 322 g/mol. The number of aromatic nitrogens is 1. The van der Waals surface area contributed by atoms with Crippen LogP contribution in [-0.4, -0.2) is 24.0 Å². The lowest BCUT2D eigenvalue weighted by molar-refractivity contribution is 0.102. The molecular formula is C22H29N3O. The Labute approximate surface area is 156 Å². The summed E-state index contributed by atoms with van der Waals surface area (Å²) in [5.41, 5.74) is 4.99. The van der Waals surface area contributed by atoms with Crippen LogP contribution in [0.15, 0.2) is 36.7 Å². The minimum Gasteiger partial charge on any atom is -0.370 e. The van der Waals surface area contributed by atoms with Crippen molar-refractivity contribution in [2.45, 2.75) is 52.4 Å². The first-order valence-corrected chi connectivity index (χ1v) is 9.85. The molecule has 2 aromatic rings. The van der Waals surface area contributed by atoms with Crippen LogP contribution in [0.5, 0.6) is 0 Å². The maximum Gasteiger partial charge on any atom is 0.257 e. The second kappa shape index (κ2) is 8.84. The van der Waals surface area contributed by atoms with Gasteiger partial charge in [-0.3, -0.25) is 9.78 Å². The number of aryl methyl sites for hydroxylation is 2. The molecule has 0 saturated carbocycles. The first-order valence-electron chi connectivity index (χ1n) is 9.85. The van der Waals surface area contributed by atoms with Gasteiger partial charge in [-0.15, -0.1) is 0 Å². The zero-order valence-corrected chi connectivity index (χ0v) is 15.9. The second-order valence-corrected chi connectivity index (χ2v) is 6.95. The number of rotatable bonds is 5. The van der Waals surface area contributed by atoms with E-state index in [4.69, 9.17) is 0 Å². The molecule has 4 heteroatoms. The zero-order chi connectivity index (χ0) is 18.4. The summed E-state index contributed by atoms with van der Waals surface area (Å²) < 4.78 is 0. The average molecular weight is 351 g/mol. The van der Waals surface area contributed by atoms with Gasteiger partial charge in [-0.25, -0.2) is 0 Å². The summed E-state index contributed by atoms with van der Waals surface area (Å²) in [7, 11) is 0. The standard InChI is InChI=1S/C22H29N3O/c1-3-17-10-9-11-18(4-2)21(17)24-22(26)19-14-20(16-23-15-19)25-12-7-5-6-8-13-25/h9-11,14-16H,3-8,12-13H2,1-2H3,(H,24,26). The number of hydrogen-bond acceptors (Lipinski definition) is 3. The fourth-order valence-corrected chi connectivity index (χ4v) is 3.64. The van der Waals surface area contributed by atoms with Gasteiger partial charge in [-0.05, 0) is 42.9 Å². The number of nitrogens with one attached hydrogen (secondary N) is 1. The van der Waals surface area contributed by atoms with Crippen molar-refractivity contribution in [2.75, 3.05) is 23.3 Å². The average Bonchev–Trinajstić information content (AvgIpc) is 2.97. The van der Waals surface area contributed by atoms with Gasteiger partial charge in [0.15, 0.2) is 0 Å². The lowest BCUT2D eigenvalue weighted by Crippen LogP contribution is -2.24. The highest BCUT2D eigenvalue weighted by atomic mass is 16.1. The molecule has 0 spiro atoms. The van der Waals surface area contributed by atoms with Gasteiger partial charge in [-0.1, -0.05) is 44.9 Å². The third kappa shape index (κ3) is 4.24. The largest absolute Gasteiger partial charge is 0.370 e. The van der Waals surface area contributed by atoms with E-state index in [-0.39, 0.29) is 5.91 Å². The smallest absolute Gasteiger partial charge is 0.257 e. The summed E-state index contributed by atoms with van der Waals surface area (Å²) >= 11 is 0. The third-order valence-electron chi connectivity index (χ3n) is 5.19. The first kappa shape index (κ1) is 18.4. The predicted molar refractivity (Wildman–Crippen MR) is 108 cm³/mol. The lowest BCUT2D eigenvalue weighted by atomic mass is 10.0. The zero-order valence-electron chi connectivity index (χ0n) is 15.9. The molecule has 1 aromatic heterocycles. The normalized spacial score (nSPS) is 14.8. The van der Waals surface area contributed by atoms with Crippen molar-refractivity contribution in [3.05, 3.63) is 53.3 Å². The summed E-state index contributed by atoms with van der Waals surface area (Å²) in [5.74, 6) is -0.0789. The predicted octanol–water partition coefficient (Wildman–Crippen LogP) is 4.84. The number of carbonyl (C=O) groups is 1. The molecule has 1 aliphatic rings. The van der Waals surface area contributed by atoms with E-state index in [9.17, 15) is 4.79 Å². The van der Waals surface area contributed by atoms with E-state index in [0.717, 1.165) is 37.3 Å². The Balaban J connectivity index is 1.82. The first-order chi connectivity index (χ1) is 12.7. The van der Waals surface area contributed by atoms with Crippen LogP contribution in [-0.2, 0) is 12.8 Å². The van der Waals surface area contributed by atoms with E-state index in [1.54, 1.807) is 6.20 Å². The topological polar surface area (TPSA) is 45.2 Å². The van der Waals surface area contributed by atoms with Gasteiger partial charge in [-0.2, -0.15) is 0 Å². The van der Waals surface area contributed by atoms with Crippen molar-refractivity contribution >= 4 is 17.3 Å². The number of carbonyl (C=O) groups excluding carboxylic acids is 1. The van der Waals surface area contributed by atoms with Crippen LogP contribution in [0.3, 0.4) is 0 Å². The lowest BCUT2D eigenvalue weighted by Gasteiger charge is -2.22. The molecule has 26 heavy (non-hydrogen) atoms. The van der Waals surface area contributed by atoms with Crippen LogP contribution < -0.4 is 10.2 Å². The highest BCUT2D eigenvalue weighted by Crippen LogP contribution is 2.24. The Morgan fingerprint density at radius 3 is 2.31 bits per heavy atom. The summed E-state index contributed by atoms with van der Waals surface area (Å²) in [6, 6.07) is 8.21. The Morgan fingerprint density at radius 2 is 1.69 bits per heavy atom. The summed E-state index contributed by atoms with van der Waals surface area (Å²) in [4.78, 5) is 19.6. The molecule has 138 valence electrons. The fourth-order valence-electron chi connectivity index (χ4n) is 3.64. The van der Waals surface area contributed by atoms with Gasteiger partial charge in [0.1, 0.15) is 0 Å². The highest BCUT2D eigenvalue weighted by Gasteiger charge is 2.15. The molecule has 1 N–H and O–H groups in total. The van der Waals surface area contributed by atoms with Crippen LogP contribution in [0.25, 0.3) is 0 Å². The fraction of sp³-hybridized carbons (Fsp3) is 0.455. The molecule has 0 unspecified atom stereocenters. The van der Waals surface area contributed by atoms with Crippen molar-refractivity contribution in [2.24, 2.45) is 0 Å². The maximum absolute atomic E-state index is 12.9. The molecule has 3 rings (SSSR count). The monoisotopic (exact) mass is 351 g/mol. The number of nitrogens with zero attached hydrogens (tertiary/aromatic N) is 2. The molecule has 1 fully saturated rings. The quantitative estimate of drug-likeness (QED) is 0.838. The van der Waals surface area contributed by atoms with E-state index in [0.29, 0.717) is 5.56 Å². The second-order valence-electron chi connectivity index (χ2n) is 6.95. The van der Waals surface area contributed by atoms with E-state index in [2.05, 4.69) is 47.2 Å². The van der Waals surface area contributed by atoms with Gasteiger partial charge in [0.2, 0.25) is 0 Å². The molecule has 0 aliphatic carbocycles. The minimum atomic E-state index is -0.0789. The van der Waals surface area contributed by atoms with Gasteiger partial charge >= 0.3 is 0 Å². The molecule has 1 amide bonds. The third-order valence-corrected chi connectivity index (χ3v) is 5.19. The van der Waals surface area contributed by atoms with Crippen LogP contribution in [0.4, 0.5) is 11.4 Å². The van der Waals surface area contributed by atoms with Crippen LogP contribution in [0.2, 0.25) is 0 Å². The Kier molecular flexibility index (Phi) is 6.26.